The fourth-order valence-corrected chi connectivity index (χ4v) is 2.56. The molecule has 0 aliphatic carbocycles. The van der Waals surface area contributed by atoms with Crippen LogP contribution in [0.5, 0.6) is 0 Å². The second-order valence-corrected chi connectivity index (χ2v) is 5.27. The van der Waals surface area contributed by atoms with E-state index in [1.165, 1.54) is 11.1 Å². The van der Waals surface area contributed by atoms with Crippen LogP contribution in [0.25, 0.3) is 0 Å². The number of rotatable bonds is 4. The molecule has 0 amide bonds. The molecule has 0 radical (unpaired) electrons. The van der Waals surface area contributed by atoms with Gasteiger partial charge in [-0.25, -0.2) is 4.68 Å². The maximum Gasteiger partial charge on any atom is 0.125 e. The molecular formula is C18H19N3. The molecule has 1 atom stereocenters. The summed E-state index contributed by atoms with van der Waals surface area (Å²) < 4.78 is 1.93. The van der Waals surface area contributed by atoms with Crippen molar-refractivity contribution in [1.29, 1.82) is 0 Å². The van der Waals surface area contributed by atoms with E-state index in [1.54, 1.807) is 0 Å². The molecule has 0 saturated heterocycles. The van der Waals surface area contributed by atoms with Crippen molar-refractivity contribution in [3.63, 3.8) is 0 Å². The number of aromatic nitrogens is 2. The van der Waals surface area contributed by atoms with Crippen molar-refractivity contribution >= 4 is 5.82 Å². The van der Waals surface area contributed by atoms with Gasteiger partial charge in [-0.1, -0.05) is 60.7 Å². The Morgan fingerprint density at radius 1 is 1.00 bits per heavy atom. The van der Waals surface area contributed by atoms with E-state index in [-0.39, 0.29) is 6.04 Å². The highest BCUT2D eigenvalue weighted by molar-refractivity contribution is 5.39. The van der Waals surface area contributed by atoms with E-state index in [9.17, 15) is 0 Å². The van der Waals surface area contributed by atoms with Crippen LogP contribution < -0.4 is 5.73 Å². The van der Waals surface area contributed by atoms with Crippen LogP contribution in [0.3, 0.4) is 0 Å². The zero-order chi connectivity index (χ0) is 14.7. The maximum atomic E-state index is 6.19. The quantitative estimate of drug-likeness (QED) is 0.791. The molecule has 0 bridgehead atoms. The zero-order valence-electron chi connectivity index (χ0n) is 12.1. The average Bonchev–Trinajstić information content (AvgIpc) is 2.87. The summed E-state index contributed by atoms with van der Waals surface area (Å²) in [4.78, 5) is 0. The highest BCUT2D eigenvalue weighted by Gasteiger charge is 2.18. The number of nitrogens with two attached hydrogens (primary N) is 1. The van der Waals surface area contributed by atoms with Gasteiger partial charge in [-0.05, 0) is 24.5 Å². The van der Waals surface area contributed by atoms with E-state index >= 15 is 0 Å². The predicted octanol–water partition coefficient (Wildman–Crippen LogP) is 3.61. The second kappa shape index (κ2) is 5.83. The number of nitrogens with zero attached hydrogens (tertiary/aromatic N) is 2. The smallest absolute Gasteiger partial charge is 0.125 e. The summed E-state index contributed by atoms with van der Waals surface area (Å²) in [6.45, 7) is 1.99. The Balaban J connectivity index is 2.01. The van der Waals surface area contributed by atoms with Crippen molar-refractivity contribution in [3.05, 3.63) is 83.6 Å². The SMILES string of the molecule is Cc1cnn(C(Cc2ccccc2)c2ccccc2)c1N. The molecule has 0 spiro atoms. The van der Waals surface area contributed by atoms with Crippen LogP contribution in [-0.4, -0.2) is 9.78 Å². The Morgan fingerprint density at radius 2 is 1.62 bits per heavy atom. The van der Waals surface area contributed by atoms with Crippen LogP contribution in [-0.2, 0) is 6.42 Å². The summed E-state index contributed by atoms with van der Waals surface area (Å²) in [7, 11) is 0. The van der Waals surface area contributed by atoms with Crippen molar-refractivity contribution in [3.8, 4) is 0 Å². The molecule has 0 fully saturated rings. The molecule has 106 valence electrons. The van der Waals surface area contributed by atoms with Crippen molar-refractivity contribution in [2.75, 3.05) is 5.73 Å². The van der Waals surface area contributed by atoms with Gasteiger partial charge < -0.3 is 5.73 Å². The highest BCUT2D eigenvalue weighted by atomic mass is 15.3. The maximum absolute atomic E-state index is 6.19. The van der Waals surface area contributed by atoms with Gasteiger partial charge in [0.05, 0.1) is 12.2 Å². The Bertz CT molecular complexity index is 702. The number of benzene rings is 2. The zero-order valence-corrected chi connectivity index (χ0v) is 12.1. The lowest BCUT2D eigenvalue weighted by Crippen LogP contribution is -2.17. The van der Waals surface area contributed by atoms with Gasteiger partial charge >= 0.3 is 0 Å². The van der Waals surface area contributed by atoms with E-state index in [2.05, 4.69) is 53.6 Å². The van der Waals surface area contributed by atoms with Crippen LogP contribution in [0.2, 0.25) is 0 Å². The van der Waals surface area contributed by atoms with E-state index in [4.69, 9.17) is 5.73 Å². The number of hydrogen-bond acceptors (Lipinski definition) is 2. The number of anilines is 1. The fraction of sp³-hybridized carbons (Fsp3) is 0.167. The second-order valence-electron chi connectivity index (χ2n) is 5.27. The Labute approximate surface area is 125 Å². The van der Waals surface area contributed by atoms with Gasteiger partial charge in [-0.15, -0.1) is 0 Å². The minimum atomic E-state index is 0.113. The summed E-state index contributed by atoms with van der Waals surface area (Å²) in [5.41, 5.74) is 9.71. The molecule has 0 aliphatic heterocycles. The Morgan fingerprint density at radius 3 is 2.19 bits per heavy atom. The first kappa shape index (κ1) is 13.4. The van der Waals surface area contributed by atoms with Gasteiger partial charge in [0, 0.05) is 5.56 Å². The largest absolute Gasteiger partial charge is 0.384 e. The topological polar surface area (TPSA) is 43.8 Å². The van der Waals surface area contributed by atoms with E-state index < -0.39 is 0 Å². The van der Waals surface area contributed by atoms with Crippen LogP contribution in [0.1, 0.15) is 22.7 Å². The van der Waals surface area contributed by atoms with Crippen LogP contribution in [0, 0.1) is 6.92 Å². The third kappa shape index (κ3) is 2.82. The van der Waals surface area contributed by atoms with Crippen molar-refractivity contribution < 1.29 is 0 Å². The van der Waals surface area contributed by atoms with Crippen LogP contribution in [0.15, 0.2) is 66.9 Å². The summed E-state index contributed by atoms with van der Waals surface area (Å²) in [5, 5.41) is 4.48. The van der Waals surface area contributed by atoms with Crippen LogP contribution >= 0.6 is 0 Å². The van der Waals surface area contributed by atoms with Gasteiger partial charge in [0.2, 0.25) is 0 Å². The third-order valence-corrected chi connectivity index (χ3v) is 3.78. The normalized spacial score (nSPS) is 12.2. The predicted molar refractivity (Wildman–Crippen MR) is 86.1 cm³/mol. The van der Waals surface area contributed by atoms with Gasteiger partial charge in [-0.2, -0.15) is 5.10 Å². The van der Waals surface area contributed by atoms with E-state index in [0.29, 0.717) is 0 Å². The van der Waals surface area contributed by atoms with Gasteiger partial charge in [0.25, 0.3) is 0 Å². The summed E-state index contributed by atoms with van der Waals surface area (Å²) in [6, 6.07) is 21.0. The first-order valence-corrected chi connectivity index (χ1v) is 7.14. The highest BCUT2D eigenvalue weighted by Crippen LogP contribution is 2.26. The van der Waals surface area contributed by atoms with Crippen molar-refractivity contribution in [1.82, 2.24) is 9.78 Å². The van der Waals surface area contributed by atoms with Gasteiger partial charge in [-0.3, -0.25) is 0 Å². The number of hydrogen-bond donors (Lipinski definition) is 1. The first-order valence-electron chi connectivity index (χ1n) is 7.14. The standard InChI is InChI=1S/C18H19N3/c1-14-13-20-21(18(14)19)17(16-10-6-3-7-11-16)12-15-8-4-2-5-9-15/h2-11,13,17H,12,19H2,1H3. The molecule has 3 nitrogen and oxygen atoms in total. The van der Waals surface area contributed by atoms with Gasteiger partial charge in [0.15, 0.2) is 0 Å². The lowest BCUT2D eigenvalue weighted by atomic mass is 9.99. The fourth-order valence-electron chi connectivity index (χ4n) is 2.56. The van der Waals surface area contributed by atoms with Gasteiger partial charge in [0.1, 0.15) is 5.82 Å². The van der Waals surface area contributed by atoms with Crippen molar-refractivity contribution in [2.24, 2.45) is 0 Å². The molecule has 2 aromatic carbocycles. The minimum absolute atomic E-state index is 0.113. The molecule has 2 N–H and O–H groups in total. The molecule has 21 heavy (non-hydrogen) atoms. The molecule has 3 heteroatoms. The van der Waals surface area contributed by atoms with E-state index in [1.807, 2.05) is 29.9 Å². The summed E-state index contributed by atoms with van der Waals surface area (Å²) in [5.74, 6) is 0.736. The molecule has 0 aliphatic rings. The minimum Gasteiger partial charge on any atom is -0.384 e. The lowest BCUT2D eigenvalue weighted by Gasteiger charge is -2.20. The summed E-state index contributed by atoms with van der Waals surface area (Å²) in [6.07, 6.45) is 2.70. The first-order chi connectivity index (χ1) is 10.3. The molecule has 1 unspecified atom stereocenters. The van der Waals surface area contributed by atoms with Crippen LogP contribution in [0.4, 0.5) is 5.82 Å². The number of aryl methyl sites for hydroxylation is 1. The Kier molecular flexibility index (Phi) is 3.73. The number of nitrogen functional groups attached to an aromatic ring is 1. The lowest BCUT2D eigenvalue weighted by molar-refractivity contribution is 0.528. The average molecular weight is 277 g/mol. The molecular weight excluding hydrogens is 258 g/mol. The van der Waals surface area contributed by atoms with E-state index in [0.717, 1.165) is 17.8 Å². The third-order valence-electron chi connectivity index (χ3n) is 3.78. The molecule has 1 heterocycles. The Hall–Kier alpha value is -2.55. The molecule has 3 rings (SSSR count). The molecule has 1 aromatic heterocycles. The monoisotopic (exact) mass is 277 g/mol. The molecule has 0 saturated carbocycles. The molecule has 3 aromatic rings. The van der Waals surface area contributed by atoms with Crippen molar-refractivity contribution in [2.45, 2.75) is 19.4 Å². The summed E-state index contributed by atoms with van der Waals surface area (Å²) >= 11 is 0.